The van der Waals surface area contributed by atoms with Crippen LogP contribution in [0.25, 0.3) is 0 Å². The first kappa shape index (κ1) is 13.2. The van der Waals surface area contributed by atoms with Crippen LogP contribution in [-0.2, 0) is 4.79 Å². The summed E-state index contributed by atoms with van der Waals surface area (Å²) in [5.74, 6) is -1.60. The van der Waals surface area contributed by atoms with Crippen LogP contribution in [0.2, 0.25) is 0 Å². The number of aliphatic carboxylic acids is 1. The molecule has 0 bridgehead atoms. The van der Waals surface area contributed by atoms with Crippen LogP contribution in [-0.4, -0.2) is 24.6 Å². The van der Waals surface area contributed by atoms with Crippen molar-refractivity contribution in [3.05, 3.63) is 0 Å². The molecule has 0 aromatic rings. The van der Waals surface area contributed by atoms with Gasteiger partial charge in [-0.1, -0.05) is 46.4 Å². The fourth-order valence-corrected chi connectivity index (χ4v) is 1.76. The van der Waals surface area contributed by atoms with Crippen molar-refractivity contribution in [3.63, 3.8) is 0 Å². The van der Waals surface area contributed by atoms with E-state index in [1.165, 1.54) is 0 Å². The molecular formula is C4H2Cl6O2. The van der Waals surface area contributed by atoms with Gasteiger partial charge in [-0.05, 0) is 0 Å². The lowest BCUT2D eigenvalue weighted by atomic mass is 10.2. The Balaban J connectivity index is 5.02. The molecule has 72 valence electrons. The third-order valence-electron chi connectivity index (χ3n) is 1.02. The normalized spacial score (nSPS) is 17.6. The van der Waals surface area contributed by atoms with Gasteiger partial charge in [0.2, 0.25) is 8.67 Å². The highest BCUT2D eigenvalue weighted by atomic mass is 35.6. The van der Waals surface area contributed by atoms with E-state index in [-0.39, 0.29) is 0 Å². The molecule has 1 N–H and O–H groups in total. The molecule has 0 amide bonds. The largest absolute Gasteiger partial charge is 0.480 e. The van der Waals surface area contributed by atoms with Gasteiger partial charge in [0.1, 0.15) is 4.84 Å². The number of hydrogen-bond acceptors (Lipinski definition) is 1. The minimum Gasteiger partial charge on any atom is -0.480 e. The summed E-state index contributed by atoms with van der Waals surface area (Å²) in [5.41, 5.74) is 0. The van der Waals surface area contributed by atoms with Crippen LogP contribution < -0.4 is 0 Å². The predicted octanol–water partition coefficient (Wildman–Crippen LogP) is 3.22. The van der Waals surface area contributed by atoms with E-state index in [0.29, 0.717) is 0 Å². The van der Waals surface area contributed by atoms with Crippen LogP contribution in [0.4, 0.5) is 0 Å². The summed E-state index contributed by atoms with van der Waals surface area (Å²) in [6, 6.07) is 0. The second-order valence-corrected chi connectivity index (χ2v) is 5.79. The summed E-state index contributed by atoms with van der Waals surface area (Å²) >= 11 is 31.8. The number of carbonyl (C=O) groups is 1. The number of carboxylic acids is 1. The topological polar surface area (TPSA) is 37.3 Å². The zero-order valence-electron chi connectivity index (χ0n) is 5.20. The fourth-order valence-electron chi connectivity index (χ4n) is 0.338. The molecule has 0 spiro atoms. The monoisotopic (exact) mass is 292 g/mol. The average molecular weight is 295 g/mol. The standard InChI is InChI=1S/C4H2Cl6O2/c5-1(6)3(7,2(11)12)4(8,9)10/h1H,(H,11,12). The first-order valence-electron chi connectivity index (χ1n) is 2.41. The Hall–Kier alpha value is 1.21. The molecule has 0 aliphatic rings. The maximum absolute atomic E-state index is 10.6. The van der Waals surface area contributed by atoms with E-state index >= 15 is 0 Å². The molecule has 12 heavy (non-hydrogen) atoms. The van der Waals surface area contributed by atoms with Crippen LogP contribution in [0.15, 0.2) is 0 Å². The van der Waals surface area contributed by atoms with Crippen LogP contribution in [0.1, 0.15) is 0 Å². The molecular weight excluding hydrogens is 293 g/mol. The highest BCUT2D eigenvalue weighted by Crippen LogP contribution is 2.48. The molecule has 1 unspecified atom stereocenters. The Labute approximate surface area is 98.6 Å². The molecule has 0 aliphatic carbocycles. The molecule has 0 heterocycles. The number of halogens is 6. The fraction of sp³-hybridized carbons (Fsp3) is 0.750. The zero-order chi connectivity index (χ0) is 10.2. The Morgan fingerprint density at radius 3 is 1.50 bits per heavy atom. The lowest BCUT2D eigenvalue weighted by Gasteiger charge is -2.29. The highest BCUT2D eigenvalue weighted by molar-refractivity contribution is 6.74. The molecule has 0 rings (SSSR count). The number of rotatable bonds is 2. The second kappa shape index (κ2) is 4.16. The van der Waals surface area contributed by atoms with Gasteiger partial charge in [0.15, 0.2) is 0 Å². The smallest absolute Gasteiger partial charge is 0.332 e. The summed E-state index contributed by atoms with van der Waals surface area (Å²) in [6.07, 6.45) is 0. The van der Waals surface area contributed by atoms with Gasteiger partial charge in [-0.15, -0.1) is 23.2 Å². The van der Waals surface area contributed by atoms with E-state index in [0.717, 1.165) is 0 Å². The van der Waals surface area contributed by atoms with Crippen LogP contribution >= 0.6 is 69.6 Å². The van der Waals surface area contributed by atoms with E-state index in [1.807, 2.05) is 0 Å². The Morgan fingerprint density at radius 2 is 1.50 bits per heavy atom. The molecule has 2 nitrogen and oxygen atoms in total. The van der Waals surface area contributed by atoms with Gasteiger partial charge in [-0.2, -0.15) is 0 Å². The summed E-state index contributed by atoms with van der Waals surface area (Å²) in [5, 5.41) is 8.58. The molecule has 1 atom stereocenters. The molecule has 0 saturated carbocycles. The predicted molar refractivity (Wildman–Crippen MR) is 52.0 cm³/mol. The molecule has 0 fully saturated rings. The van der Waals surface area contributed by atoms with E-state index in [9.17, 15) is 4.79 Å². The molecule has 0 aromatic carbocycles. The van der Waals surface area contributed by atoms with Crippen LogP contribution in [0, 0.1) is 0 Å². The maximum atomic E-state index is 10.6. The van der Waals surface area contributed by atoms with E-state index < -0.39 is 19.5 Å². The lowest BCUT2D eigenvalue weighted by Crippen LogP contribution is -2.50. The summed E-state index contributed by atoms with van der Waals surface area (Å²) in [7, 11) is 0. The summed E-state index contributed by atoms with van der Waals surface area (Å²) in [4.78, 5) is 6.67. The van der Waals surface area contributed by atoms with Gasteiger partial charge in [0.05, 0.1) is 0 Å². The van der Waals surface area contributed by atoms with E-state index in [4.69, 9.17) is 74.7 Å². The van der Waals surface area contributed by atoms with Crippen molar-refractivity contribution < 1.29 is 9.90 Å². The van der Waals surface area contributed by atoms with Crippen molar-refractivity contribution >= 4 is 75.6 Å². The number of carboxylic acid groups (broad SMARTS) is 1. The second-order valence-electron chi connectivity index (χ2n) is 1.82. The minimum atomic E-state index is -2.35. The van der Waals surface area contributed by atoms with Gasteiger partial charge >= 0.3 is 5.97 Å². The van der Waals surface area contributed by atoms with Gasteiger partial charge < -0.3 is 5.11 Å². The number of hydrogen-bond donors (Lipinski definition) is 1. The van der Waals surface area contributed by atoms with Crippen molar-refractivity contribution in [1.82, 2.24) is 0 Å². The highest BCUT2D eigenvalue weighted by Gasteiger charge is 2.58. The zero-order valence-corrected chi connectivity index (χ0v) is 9.74. The van der Waals surface area contributed by atoms with E-state index in [1.54, 1.807) is 0 Å². The third-order valence-corrected chi connectivity index (χ3v) is 3.75. The Morgan fingerprint density at radius 1 is 1.17 bits per heavy atom. The number of alkyl halides is 6. The quantitative estimate of drug-likeness (QED) is 0.794. The van der Waals surface area contributed by atoms with Crippen molar-refractivity contribution in [1.29, 1.82) is 0 Å². The molecule has 8 heteroatoms. The SMILES string of the molecule is O=C(O)C(Cl)(C(Cl)Cl)C(Cl)(Cl)Cl. The Bertz CT molecular complexity index is 186. The maximum Gasteiger partial charge on any atom is 0.332 e. The first-order chi connectivity index (χ1) is 5.14. The third kappa shape index (κ3) is 2.37. The van der Waals surface area contributed by atoms with Crippen molar-refractivity contribution in [2.45, 2.75) is 13.5 Å². The van der Waals surface area contributed by atoms with Crippen LogP contribution in [0.5, 0.6) is 0 Å². The van der Waals surface area contributed by atoms with Gasteiger partial charge in [0, 0.05) is 0 Å². The van der Waals surface area contributed by atoms with Gasteiger partial charge in [0.25, 0.3) is 0 Å². The van der Waals surface area contributed by atoms with Gasteiger partial charge in [-0.3, -0.25) is 4.79 Å². The van der Waals surface area contributed by atoms with E-state index in [2.05, 4.69) is 0 Å². The lowest BCUT2D eigenvalue weighted by molar-refractivity contribution is -0.139. The molecule has 0 aliphatic heterocycles. The first-order valence-corrected chi connectivity index (χ1v) is 4.79. The van der Waals surface area contributed by atoms with Gasteiger partial charge in [-0.25, -0.2) is 0 Å². The molecule has 0 radical (unpaired) electrons. The molecule has 0 aromatic heterocycles. The van der Waals surface area contributed by atoms with Crippen molar-refractivity contribution in [2.75, 3.05) is 0 Å². The van der Waals surface area contributed by atoms with Crippen LogP contribution in [0.3, 0.4) is 0 Å². The summed E-state index contributed by atoms with van der Waals surface area (Å²) in [6.45, 7) is 0. The minimum absolute atomic E-state index is 1.54. The van der Waals surface area contributed by atoms with Crippen molar-refractivity contribution in [2.24, 2.45) is 0 Å². The summed E-state index contributed by atoms with van der Waals surface area (Å²) < 4.78 is -2.28. The van der Waals surface area contributed by atoms with Crippen molar-refractivity contribution in [3.8, 4) is 0 Å². The average Bonchev–Trinajstić information content (AvgIpc) is 1.82. The molecule has 0 saturated heterocycles. The Kier molecular flexibility index (Phi) is 4.58.